The molecule has 0 aliphatic carbocycles. The molecule has 0 aliphatic heterocycles. The van der Waals surface area contributed by atoms with E-state index in [2.05, 4.69) is 15.4 Å². The number of nitrogens with one attached hydrogen (secondary N) is 1. The van der Waals surface area contributed by atoms with Gasteiger partial charge in [0.05, 0.1) is 5.69 Å². The molecule has 0 unspecified atom stereocenters. The second-order valence-electron chi connectivity index (χ2n) is 6.80. The molecule has 30 heavy (non-hydrogen) atoms. The van der Waals surface area contributed by atoms with Crippen molar-refractivity contribution in [2.75, 3.05) is 0 Å². The van der Waals surface area contributed by atoms with E-state index in [0.717, 1.165) is 16.7 Å². The van der Waals surface area contributed by atoms with E-state index < -0.39 is 11.5 Å². The molecule has 6 nitrogen and oxygen atoms in total. The standard InChI is InChI=1S/C24H20N4O2/c1-28-24(30)21(23(29)26-16-17-9-8-14-25-15-17)20(18-10-4-2-5-11-18)22(27-28)19-12-6-3-7-13-19/h2-15H,16H2,1H3,(H,26,29). The van der Waals surface area contributed by atoms with E-state index in [1.165, 1.54) is 4.68 Å². The molecule has 0 bridgehead atoms. The van der Waals surface area contributed by atoms with Crippen molar-refractivity contribution >= 4 is 5.91 Å². The Balaban J connectivity index is 1.87. The monoisotopic (exact) mass is 396 g/mol. The summed E-state index contributed by atoms with van der Waals surface area (Å²) in [7, 11) is 1.56. The lowest BCUT2D eigenvalue weighted by atomic mass is 9.95. The number of aryl methyl sites for hydroxylation is 1. The predicted molar refractivity (Wildman–Crippen MR) is 116 cm³/mol. The Morgan fingerprint density at radius 2 is 1.60 bits per heavy atom. The summed E-state index contributed by atoms with van der Waals surface area (Å²) >= 11 is 0. The van der Waals surface area contributed by atoms with Crippen LogP contribution in [0.25, 0.3) is 22.4 Å². The van der Waals surface area contributed by atoms with Gasteiger partial charge < -0.3 is 5.32 Å². The van der Waals surface area contributed by atoms with E-state index in [1.807, 2.05) is 66.7 Å². The van der Waals surface area contributed by atoms with Crippen LogP contribution in [0.1, 0.15) is 15.9 Å². The summed E-state index contributed by atoms with van der Waals surface area (Å²) in [6.45, 7) is 0.271. The molecule has 0 saturated heterocycles. The van der Waals surface area contributed by atoms with E-state index in [0.29, 0.717) is 11.3 Å². The van der Waals surface area contributed by atoms with Crippen molar-refractivity contribution in [1.29, 1.82) is 0 Å². The van der Waals surface area contributed by atoms with Gasteiger partial charge in [0.15, 0.2) is 0 Å². The van der Waals surface area contributed by atoms with E-state index in [-0.39, 0.29) is 12.1 Å². The van der Waals surface area contributed by atoms with Gasteiger partial charge in [-0.1, -0.05) is 66.7 Å². The maximum atomic E-state index is 13.2. The zero-order valence-electron chi connectivity index (χ0n) is 16.4. The fraction of sp³-hybridized carbons (Fsp3) is 0.0833. The molecular weight excluding hydrogens is 376 g/mol. The number of carbonyl (C=O) groups is 1. The summed E-state index contributed by atoms with van der Waals surface area (Å²) in [6, 6.07) is 22.6. The Kier molecular flexibility index (Phi) is 5.48. The Hall–Kier alpha value is -4.06. The molecule has 0 spiro atoms. The molecule has 2 heterocycles. The summed E-state index contributed by atoms with van der Waals surface area (Å²) < 4.78 is 1.22. The molecule has 0 radical (unpaired) electrons. The van der Waals surface area contributed by atoms with Crippen LogP contribution in [-0.2, 0) is 13.6 Å². The topological polar surface area (TPSA) is 76.9 Å². The van der Waals surface area contributed by atoms with Crippen LogP contribution in [0.5, 0.6) is 0 Å². The quantitative estimate of drug-likeness (QED) is 0.561. The minimum Gasteiger partial charge on any atom is -0.348 e. The van der Waals surface area contributed by atoms with Gasteiger partial charge in [-0.15, -0.1) is 0 Å². The molecule has 6 heteroatoms. The molecule has 4 aromatic rings. The maximum Gasteiger partial charge on any atom is 0.280 e. The fourth-order valence-corrected chi connectivity index (χ4v) is 3.30. The van der Waals surface area contributed by atoms with E-state index in [4.69, 9.17) is 0 Å². The molecule has 0 saturated carbocycles. The van der Waals surface area contributed by atoms with Gasteiger partial charge in [-0.2, -0.15) is 5.10 Å². The van der Waals surface area contributed by atoms with Crippen molar-refractivity contribution < 1.29 is 4.79 Å². The zero-order chi connectivity index (χ0) is 20.9. The van der Waals surface area contributed by atoms with Crippen molar-refractivity contribution in [3.63, 3.8) is 0 Å². The van der Waals surface area contributed by atoms with Crippen molar-refractivity contribution in [2.45, 2.75) is 6.54 Å². The van der Waals surface area contributed by atoms with E-state index in [1.54, 1.807) is 25.5 Å². The molecule has 0 atom stereocenters. The van der Waals surface area contributed by atoms with Crippen molar-refractivity contribution in [3.05, 3.63) is 107 Å². The van der Waals surface area contributed by atoms with Gasteiger partial charge >= 0.3 is 0 Å². The smallest absolute Gasteiger partial charge is 0.280 e. The van der Waals surface area contributed by atoms with Crippen LogP contribution in [0.2, 0.25) is 0 Å². The number of rotatable bonds is 5. The van der Waals surface area contributed by atoms with Crippen LogP contribution in [0.3, 0.4) is 0 Å². The number of hydrogen-bond donors (Lipinski definition) is 1. The van der Waals surface area contributed by atoms with Crippen LogP contribution in [-0.4, -0.2) is 20.7 Å². The van der Waals surface area contributed by atoms with Crippen molar-refractivity contribution in [1.82, 2.24) is 20.1 Å². The number of benzene rings is 2. The number of pyridine rings is 1. The number of hydrogen-bond acceptors (Lipinski definition) is 4. The summed E-state index contributed by atoms with van der Waals surface area (Å²) in [4.78, 5) is 30.3. The first kappa shape index (κ1) is 19.3. The number of aromatic nitrogens is 3. The summed E-state index contributed by atoms with van der Waals surface area (Å²) in [5.41, 5.74) is 3.16. The lowest BCUT2D eigenvalue weighted by Crippen LogP contribution is -2.34. The van der Waals surface area contributed by atoms with Gasteiger partial charge in [-0.3, -0.25) is 14.6 Å². The number of nitrogens with zero attached hydrogens (tertiary/aromatic N) is 3. The largest absolute Gasteiger partial charge is 0.348 e. The zero-order valence-corrected chi connectivity index (χ0v) is 16.4. The van der Waals surface area contributed by atoms with Gasteiger partial charge in [0.2, 0.25) is 0 Å². The fourth-order valence-electron chi connectivity index (χ4n) is 3.30. The normalized spacial score (nSPS) is 10.6. The molecule has 2 aromatic heterocycles. The third-order valence-corrected chi connectivity index (χ3v) is 4.76. The van der Waals surface area contributed by atoms with Crippen molar-refractivity contribution in [3.8, 4) is 22.4 Å². The Morgan fingerprint density at radius 1 is 0.933 bits per heavy atom. The van der Waals surface area contributed by atoms with Crippen LogP contribution < -0.4 is 10.9 Å². The van der Waals surface area contributed by atoms with E-state index >= 15 is 0 Å². The first-order valence-corrected chi connectivity index (χ1v) is 9.54. The SMILES string of the molecule is Cn1nc(-c2ccccc2)c(-c2ccccc2)c(C(=O)NCc2cccnc2)c1=O. The molecule has 4 rings (SSSR count). The molecule has 148 valence electrons. The number of amides is 1. The highest BCUT2D eigenvalue weighted by molar-refractivity contribution is 6.03. The molecule has 0 fully saturated rings. The van der Waals surface area contributed by atoms with Crippen LogP contribution >= 0.6 is 0 Å². The van der Waals surface area contributed by atoms with Gasteiger partial charge in [0.1, 0.15) is 5.56 Å². The van der Waals surface area contributed by atoms with Crippen LogP contribution in [0, 0.1) is 0 Å². The van der Waals surface area contributed by atoms with E-state index in [9.17, 15) is 9.59 Å². The Labute approximate surface area is 173 Å². The molecule has 1 amide bonds. The van der Waals surface area contributed by atoms with Gasteiger partial charge in [-0.05, 0) is 17.2 Å². The lowest BCUT2D eigenvalue weighted by molar-refractivity contribution is 0.0949. The average molecular weight is 396 g/mol. The van der Waals surface area contributed by atoms with Gasteiger partial charge in [0, 0.05) is 37.1 Å². The first-order valence-electron chi connectivity index (χ1n) is 9.54. The third-order valence-electron chi connectivity index (χ3n) is 4.76. The van der Waals surface area contributed by atoms with Gasteiger partial charge in [-0.25, -0.2) is 4.68 Å². The third kappa shape index (κ3) is 3.89. The first-order chi connectivity index (χ1) is 14.6. The predicted octanol–water partition coefficient (Wildman–Crippen LogP) is 3.44. The van der Waals surface area contributed by atoms with Gasteiger partial charge in [0.25, 0.3) is 11.5 Å². The maximum absolute atomic E-state index is 13.2. The second-order valence-corrected chi connectivity index (χ2v) is 6.80. The minimum atomic E-state index is -0.447. The molecule has 1 N–H and O–H groups in total. The highest BCUT2D eigenvalue weighted by Crippen LogP contribution is 2.31. The number of carbonyl (C=O) groups excluding carboxylic acids is 1. The highest BCUT2D eigenvalue weighted by atomic mass is 16.2. The summed E-state index contributed by atoms with van der Waals surface area (Å²) in [5.74, 6) is -0.446. The second kappa shape index (κ2) is 8.53. The van der Waals surface area contributed by atoms with Crippen LogP contribution in [0.15, 0.2) is 90.0 Å². The lowest BCUT2D eigenvalue weighted by Gasteiger charge is -2.16. The minimum absolute atomic E-state index is 0.0708. The Bertz CT molecular complexity index is 1220. The van der Waals surface area contributed by atoms with Crippen molar-refractivity contribution in [2.24, 2.45) is 7.05 Å². The summed E-state index contributed by atoms with van der Waals surface area (Å²) in [5, 5.41) is 7.35. The Morgan fingerprint density at radius 3 is 2.23 bits per heavy atom. The molecule has 2 aromatic carbocycles. The average Bonchev–Trinajstić information content (AvgIpc) is 2.80. The molecule has 0 aliphatic rings. The summed E-state index contributed by atoms with van der Waals surface area (Å²) in [6.07, 6.45) is 3.35. The highest BCUT2D eigenvalue weighted by Gasteiger charge is 2.24. The molecular formula is C24H20N4O2. The van der Waals surface area contributed by atoms with Crippen LogP contribution in [0.4, 0.5) is 0 Å².